The molecule has 2 aromatic rings. The molecule has 1 aliphatic heterocycles. The Hall–Kier alpha value is -3.28. The summed E-state index contributed by atoms with van der Waals surface area (Å²) in [5, 5.41) is 1.40. The lowest BCUT2D eigenvalue weighted by Crippen LogP contribution is -2.21. The molecule has 0 N–H and O–H groups in total. The SMILES string of the molecule is COC1=CC(=O)c2cc3c4c(cc(OC)c(OC)c4c2C1=O)C=CN3C. The number of allylic oxidation sites excluding steroid dienone is 2. The van der Waals surface area contributed by atoms with Crippen LogP contribution in [0.15, 0.2) is 30.2 Å². The molecular weight excluding hydrogens is 334 g/mol. The summed E-state index contributed by atoms with van der Waals surface area (Å²) in [4.78, 5) is 27.6. The maximum absolute atomic E-state index is 13.0. The molecule has 0 radical (unpaired) electrons. The number of carbonyl (C=O) groups is 2. The number of benzene rings is 2. The maximum Gasteiger partial charge on any atom is 0.229 e. The predicted molar refractivity (Wildman–Crippen MR) is 98.2 cm³/mol. The summed E-state index contributed by atoms with van der Waals surface area (Å²) in [6, 6.07) is 3.61. The fourth-order valence-electron chi connectivity index (χ4n) is 3.59. The van der Waals surface area contributed by atoms with Gasteiger partial charge in [-0.1, -0.05) is 0 Å². The maximum atomic E-state index is 13.0. The Bertz CT molecular complexity index is 1050. The summed E-state index contributed by atoms with van der Waals surface area (Å²) in [6.45, 7) is 0. The first-order valence-electron chi connectivity index (χ1n) is 8.03. The molecule has 0 aromatic heterocycles. The van der Waals surface area contributed by atoms with Gasteiger partial charge in [0, 0.05) is 46.9 Å². The molecule has 132 valence electrons. The number of Topliss-reactive ketones (excluding diaryl/α,β-unsaturated/α-hetero) is 1. The third kappa shape index (κ3) is 1.98. The molecule has 26 heavy (non-hydrogen) atoms. The van der Waals surface area contributed by atoms with E-state index in [1.165, 1.54) is 20.3 Å². The van der Waals surface area contributed by atoms with Crippen molar-refractivity contribution in [3.63, 3.8) is 0 Å². The zero-order valence-corrected chi connectivity index (χ0v) is 14.9. The molecule has 1 heterocycles. The van der Waals surface area contributed by atoms with Crippen molar-refractivity contribution in [2.75, 3.05) is 33.3 Å². The minimum Gasteiger partial charge on any atom is -0.493 e. The van der Waals surface area contributed by atoms with Crippen LogP contribution in [0.25, 0.3) is 16.8 Å². The number of hydrogen-bond acceptors (Lipinski definition) is 6. The molecule has 0 atom stereocenters. The molecule has 0 bridgehead atoms. The van der Waals surface area contributed by atoms with Crippen molar-refractivity contribution < 1.29 is 23.8 Å². The number of hydrogen-bond donors (Lipinski definition) is 0. The first kappa shape index (κ1) is 16.2. The van der Waals surface area contributed by atoms with Crippen molar-refractivity contribution >= 4 is 34.1 Å². The average Bonchev–Trinajstić information content (AvgIpc) is 2.66. The third-order valence-electron chi connectivity index (χ3n) is 4.81. The van der Waals surface area contributed by atoms with Gasteiger partial charge in [0.25, 0.3) is 0 Å². The quantitative estimate of drug-likeness (QED) is 0.846. The highest BCUT2D eigenvalue weighted by atomic mass is 16.5. The fourth-order valence-corrected chi connectivity index (χ4v) is 3.59. The van der Waals surface area contributed by atoms with Gasteiger partial charge in [-0.15, -0.1) is 0 Å². The Kier molecular flexibility index (Phi) is 3.50. The lowest BCUT2D eigenvalue weighted by molar-refractivity contribution is 0.0918. The first-order valence-corrected chi connectivity index (χ1v) is 8.03. The van der Waals surface area contributed by atoms with E-state index in [4.69, 9.17) is 14.2 Å². The smallest absolute Gasteiger partial charge is 0.229 e. The molecule has 6 heteroatoms. The molecular formula is C20H17NO5. The van der Waals surface area contributed by atoms with E-state index in [9.17, 15) is 9.59 Å². The van der Waals surface area contributed by atoms with Crippen LogP contribution in [0.3, 0.4) is 0 Å². The summed E-state index contributed by atoms with van der Waals surface area (Å²) in [5.41, 5.74) is 2.33. The monoisotopic (exact) mass is 351 g/mol. The molecule has 6 nitrogen and oxygen atoms in total. The van der Waals surface area contributed by atoms with Gasteiger partial charge in [0.2, 0.25) is 5.78 Å². The topological polar surface area (TPSA) is 65.1 Å². The van der Waals surface area contributed by atoms with Crippen LogP contribution in [-0.2, 0) is 4.74 Å². The number of carbonyl (C=O) groups excluding carboxylic acids is 2. The van der Waals surface area contributed by atoms with Gasteiger partial charge in [-0.3, -0.25) is 9.59 Å². The molecule has 1 aliphatic carbocycles. The van der Waals surface area contributed by atoms with Crippen molar-refractivity contribution in [2.45, 2.75) is 0 Å². The highest BCUT2D eigenvalue weighted by Crippen LogP contribution is 2.48. The summed E-state index contributed by atoms with van der Waals surface area (Å²) >= 11 is 0. The van der Waals surface area contributed by atoms with E-state index < -0.39 is 0 Å². The van der Waals surface area contributed by atoms with E-state index in [2.05, 4.69) is 0 Å². The Morgan fingerprint density at radius 2 is 1.73 bits per heavy atom. The molecule has 0 saturated carbocycles. The van der Waals surface area contributed by atoms with Crippen molar-refractivity contribution in [3.05, 3.63) is 46.9 Å². The van der Waals surface area contributed by atoms with E-state index in [0.717, 1.165) is 16.6 Å². The average molecular weight is 351 g/mol. The van der Waals surface area contributed by atoms with Gasteiger partial charge in [-0.05, 0) is 23.8 Å². The van der Waals surface area contributed by atoms with Gasteiger partial charge in [-0.2, -0.15) is 0 Å². The van der Waals surface area contributed by atoms with Gasteiger partial charge < -0.3 is 19.1 Å². The van der Waals surface area contributed by atoms with Gasteiger partial charge >= 0.3 is 0 Å². The number of rotatable bonds is 3. The summed E-state index contributed by atoms with van der Waals surface area (Å²) in [6.07, 6.45) is 5.07. The largest absolute Gasteiger partial charge is 0.493 e. The van der Waals surface area contributed by atoms with E-state index in [1.807, 2.05) is 30.3 Å². The number of methoxy groups -OCH3 is 3. The standard InChI is InChI=1S/C20H17NO5/c1-21-6-5-10-7-15(25-3)20(26-4)18-16(10)12(21)8-11-13(22)9-14(24-2)19(23)17(11)18/h5-9H,1-4H3. The summed E-state index contributed by atoms with van der Waals surface area (Å²) in [7, 11) is 6.33. The van der Waals surface area contributed by atoms with Crippen molar-refractivity contribution in [1.82, 2.24) is 0 Å². The van der Waals surface area contributed by atoms with Crippen LogP contribution < -0.4 is 14.4 Å². The van der Waals surface area contributed by atoms with Crippen LogP contribution in [0.1, 0.15) is 26.3 Å². The van der Waals surface area contributed by atoms with Crippen LogP contribution in [0, 0.1) is 0 Å². The van der Waals surface area contributed by atoms with Gasteiger partial charge in [0.15, 0.2) is 23.0 Å². The molecule has 4 rings (SSSR count). The van der Waals surface area contributed by atoms with Gasteiger partial charge in [0.05, 0.1) is 21.3 Å². The summed E-state index contributed by atoms with van der Waals surface area (Å²) < 4.78 is 16.2. The highest BCUT2D eigenvalue weighted by molar-refractivity contribution is 6.31. The van der Waals surface area contributed by atoms with Gasteiger partial charge in [0.1, 0.15) is 0 Å². The number of ketones is 2. The predicted octanol–water partition coefficient (Wildman–Crippen LogP) is 3.19. The van der Waals surface area contributed by atoms with Gasteiger partial charge in [-0.25, -0.2) is 0 Å². The molecule has 0 fully saturated rings. The molecule has 2 aliphatic rings. The van der Waals surface area contributed by atoms with Crippen LogP contribution in [0.5, 0.6) is 11.5 Å². The van der Waals surface area contributed by atoms with E-state index in [1.54, 1.807) is 13.2 Å². The second kappa shape index (κ2) is 5.62. The van der Waals surface area contributed by atoms with E-state index in [0.29, 0.717) is 22.4 Å². The molecule has 0 spiro atoms. The minimum absolute atomic E-state index is 0.0175. The number of anilines is 1. The second-order valence-electron chi connectivity index (χ2n) is 6.10. The van der Waals surface area contributed by atoms with Crippen molar-refractivity contribution in [2.24, 2.45) is 0 Å². The fraction of sp³-hybridized carbons (Fsp3) is 0.200. The van der Waals surface area contributed by atoms with Crippen LogP contribution >= 0.6 is 0 Å². The molecule has 0 unspecified atom stereocenters. The van der Waals surface area contributed by atoms with Crippen molar-refractivity contribution in [1.29, 1.82) is 0 Å². The zero-order valence-electron chi connectivity index (χ0n) is 14.9. The Morgan fingerprint density at radius 3 is 2.38 bits per heavy atom. The highest BCUT2D eigenvalue weighted by Gasteiger charge is 2.33. The minimum atomic E-state index is -0.344. The van der Waals surface area contributed by atoms with Crippen LogP contribution in [-0.4, -0.2) is 39.9 Å². The number of fused-ring (bicyclic) bond motifs is 2. The van der Waals surface area contributed by atoms with E-state index >= 15 is 0 Å². The second-order valence-corrected chi connectivity index (χ2v) is 6.10. The van der Waals surface area contributed by atoms with Crippen LogP contribution in [0.4, 0.5) is 5.69 Å². The number of ether oxygens (including phenoxy) is 3. The normalized spacial score (nSPS) is 15.1. The lowest BCUT2D eigenvalue weighted by Gasteiger charge is -2.28. The van der Waals surface area contributed by atoms with Crippen molar-refractivity contribution in [3.8, 4) is 11.5 Å². The Labute approximate surface area is 150 Å². The molecule has 0 saturated heterocycles. The third-order valence-corrected chi connectivity index (χ3v) is 4.81. The number of nitrogens with zero attached hydrogens (tertiary/aromatic N) is 1. The first-order chi connectivity index (χ1) is 12.5. The van der Waals surface area contributed by atoms with E-state index in [-0.39, 0.29) is 22.9 Å². The lowest BCUT2D eigenvalue weighted by atomic mass is 9.85. The zero-order chi connectivity index (χ0) is 18.6. The summed E-state index contributed by atoms with van der Waals surface area (Å²) in [5.74, 6) is 0.320. The molecule has 0 amide bonds. The Morgan fingerprint density at radius 1 is 0.962 bits per heavy atom. The Balaban J connectivity index is 2.24. The van der Waals surface area contributed by atoms with Crippen LogP contribution in [0.2, 0.25) is 0 Å². The molecule has 2 aromatic carbocycles.